The Kier molecular flexibility index (Phi) is 2.72. The number of para-hydroxylation sites is 1. The first-order valence-electron chi connectivity index (χ1n) is 5.97. The molecule has 0 unspecified atom stereocenters. The number of anilines is 1. The van der Waals surface area contributed by atoms with Crippen molar-refractivity contribution in [1.82, 2.24) is 0 Å². The maximum Gasteiger partial charge on any atom is 0.303 e. The second kappa shape index (κ2) is 4.53. The summed E-state index contributed by atoms with van der Waals surface area (Å²) in [6.07, 6.45) is 3.45. The van der Waals surface area contributed by atoms with Gasteiger partial charge >= 0.3 is 5.91 Å². The standard InChI is InChI=1S/C16H11NO2/c18-15-13-8-4-5-9-14(13)17(16(15)19)11-10-12-6-2-1-3-7-12/h1-11H. The van der Waals surface area contributed by atoms with Crippen LogP contribution in [0.1, 0.15) is 15.9 Å². The van der Waals surface area contributed by atoms with Crippen molar-refractivity contribution in [3.05, 3.63) is 71.9 Å². The largest absolute Gasteiger partial charge is 0.303 e. The van der Waals surface area contributed by atoms with E-state index in [1.165, 1.54) is 4.90 Å². The van der Waals surface area contributed by atoms with Gasteiger partial charge in [0.2, 0.25) is 0 Å². The zero-order valence-electron chi connectivity index (χ0n) is 10.1. The molecule has 1 aliphatic rings. The van der Waals surface area contributed by atoms with Crippen molar-refractivity contribution in [2.45, 2.75) is 0 Å². The molecular formula is C16H11NO2. The van der Waals surface area contributed by atoms with Crippen LogP contribution in [0.25, 0.3) is 6.08 Å². The first kappa shape index (κ1) is 11.4. The van der Waals surface area contributed by atoms with E-state index in [0.29, 0.717) is 11.3 Å². The average molecular weight is 249 g/mol. The summed E-state index contributed by atoms with van der Waals surface area (Å²) < 4.78 is 0. The van der Waals surface area contributed by atoms with Gasteiger partial charge in [0, 0.05) is 6.20 Å². The molecule has 1 aliphatic heterocycles. The van der Waals surface area contributed by atoms with Gasteiger partial charge in [0.1, 0.15) is 0 Å². The SMILES string of the molecule is O=C1C(=O)N(C=Cc2ccccc2)c2ccccc21. The van der Waals surface area contributed by atoms with E-state index in [4.69, 9.17) is 0 Å². The Hall–Kier alpha value is -2.68. The number of carbonyl (C=O) groups is 2. The molecule has 0 N–H and O–H groups in total. The molecule has 1 heterocycles. The van der Waals surface area contributed by atoms with E-state index >= 15 is 0 Å². The second-order valence-electron chi connectivity index (χ2n) is 4.25. The van der Waals surface area contributed by atoms with Crippen LogP contribution in [0.15, 0.2) is 60.8 Å². The molecule has 3 nitrogen and oxygen atoms in total. The third kappa shape index (κ3) is 1.95. The topological polar surface area (TPSA) is 37.4 Å². The Morgan fingerprint density at radius 1 is 0.842 bits per heavy atom. The normalized spacial score (nSPS) is 14.2. The van der Waals surface area contributed by atoms with Gasteiger partial charge in [0.05, 0.1) is 11.3 Å². The fourth-order valence-corrected chi connectivity index (χ4v) is 2.08. The van der Waals surface area contributed by atoms with E-state index in [1.807, 2.05) is 42.5 Å². The number of hydrogen-bond acceptors (Lipinski definition) is 2. The molecule has 0 fully saturated rings. The van der Waals surface area contributed by atoms with Crippen molar-refractivity contribution >= 4 is 23.5 Å². The van der Waals surface area contributed by atoms with E-state index in [-0.39, 0.29) is 0 Å². The van der Waals surface area contributed by atoms with E-state index in [1.54, 1.807) is 24.4 Å². The molecule has 0 bridgehead atoms. The Bertz CT molecular complexity index is 674. The van der Waals surface area contributed by atoms with Gasteiger partial charge < -0.3 is 0 Å². The quantitative estimate of drug-likeness (QED) is 0.767. The van der Waals surface area contributed by atoms with Crippen LogP contribution in [0.4, 0.5) is 5.69 Å². The molecule has 1 amide bonds. The van der Waals surface area contributed by atoms with Gasteiger partial charge in [-0.05, 0) is 23.8 Å². The molecule has 0 aromatic heterocycles. The summed E-state index contributed by atoms with van der Waals surface area (Å²) in [5, 5.41) is 0. The average Bonchev–Trinajstić information content (AvgIpc) is 2.71. The van der Waals surface area contributed by atoms with Crippen LogP contribution in [0, 0.1) is 0 Å². The van der Waals surface area contributed by atoms with Crippen molar-refractivity contribution in [2.75, 3.05) is 4.90 Å². The molecular weight excluding hydrogens is 238 g/mol. The Balaban J connectivity index is 1.96. The van der Waals surface area contributed by atoms with Crippen molar-refractivity contribution in [2.24, 2.45) is 0 Å². The first-order valence-corrected chi connectivity index (χ1v) is 5.97. The number of nitrogens with zero attached hydrogens (tertiary/aromatic N) is 1. The van der Waals surface area contributed by atoms with Crippen LogP contribution in [0.2, 0.25) is 0 Å². The molecule has 0 saturated heterocycles. The molecule has 2 aromatic rings. The maximum atomic E-state index is 11.9. The molecule has 0 atom stereocenters. The van der Waals surface area contributed by atoms with Crippen LogP contribution in [-0.4, -0.2) is 11.7 Å². The number of benzene rings is 2. The second-order valence-corrected chi connectivity index (χ2v) is 4.25. The third-order valence-corrected chi connectivity index (χ3v) is 3.04. The van der Waals surface area contributed by atoms with Gasteiger partial charge in [-0.2, -0.15) is 0 Å². The van der Waals surface area contributed by atoms with Gasteiger partial charge in [-0.15, -0.1) is 0 Å². The molecule has 19 heavy (non-hydrogen) atoms. The highest BCUT2D eigenvalue weighted by Crippen LogP contribution is 2.28. The zero-order chi connectivity index (χ0) is 13.2. The molecule has 0 radical (unpaired) electrons. The Morgan fingerprint density at radius 3 is 2.32 bits per heavy atom. The van der Waals surface area contributed by atoms with Gasteiger partial charge in [0.25, 0.3) is 5.78 Å². The highest BCUT2D eigenvalue weighted by atomic mass is 16.2. The number of amides is 1. The minimum atomic E-state index is -0.506. The number of ketones is 1. The summed E-state index contributed by atoms with van der Waals surface area (Å²) in [7, 11) is 0. The number of carbonyl (C=O) groups excluding carboxylic acids is 2. The number of fused-ring (bicyclic) bond motifs is 1. The molecule has 3 heteroatoms. The summed E-state index contributed by atoms with van der Waals surface area (Å²) in [5.74, 6) is -0.957. The van der Waals surface area contributed by atoms with E-state index in [9.17, 15) is 9.59 Å². The minimum Gasteiger partial charge on any atom is -0.283 e. The highest BCUT2D eigenvalue weighted by Gasteiger charge is 2.33. The summed E-state index contributed by atoms with van der Waals surface area (Å²) in [6.45, 7) is 0. The summed E-state index contributed by atoms with van der Waals surface area (Å²) in [6, 6.07) is 16.7. The van der Waals surface area contributed by atoms with Gasteiger partial charge in [-0.1, -0.05) is 42.5 Å². The van der Waals surface area contributed by atoms with Gasteiger partial charge in [-0.25, -0.2) is 0 Å². The lowest BCUT2D eigenvalue weighted by Gasteiger charge is -2.10. The number of rotatable bonds is 2. The summed E-state index contributed by atoms with van der Waals surface area (Å²) in [5.41, 5.74) is 2.09. The Morgan fingerprint density at radius 2 is 1.53 bits per heavy atom. The summed E-state index contributed by atoms with van der Waals surface area (Å²) in [4.78, 5) is 25.1. The van der Waals surface area contributed by atoms with Crippen LogP contribution in [-0.2, 0) is 4.79 Å². The van der Waals surface area contributed by atoms with Crippen molar-refractivity contribution < 1.29 is 9.59 Å². The molecule has 2 aromatic carbocycles. The number of Topliss-reactive ketones (excluding diaryl/α,β-unsaturated/α-hetero) is 1. The fraction of sp³-hybridized carbons (Fsp3) is 0. The molecule has 0 saturated carbocycles. The van der Waals surface area contributed by atoms with E-state index in [2.05, 4.69) is 0 Å². The van der Waals surface area contributed by atoms with E-state index < -0.39 is 11.7 Å². The predicted molar refractivity (Wildman–Crippen MR) is 73.7 cm³/mol. The highest BCUT2D eigenvalue weighted by molar-refractivity contribution is 6.52. The molecule has 0 aliphatic carbocycles. The first-order chi connectivity index (χ1) is 9.27. The smallest absolute Gasteiger partial charge is 0.283 e. The van der Waals surface area contributed by atoms with Crippen molar-refractivity contribution in [3.63, 3.8) is 0 Å². The van der Waals surface area contributed by atoms with Crippen LogP contribution < -0.4 is 4.90 Å². The molecule has 3 rings (SSSR count). The van der Waals surface area contributed by atoms with Gasteiger partial charge in [-0.3, -0.25) is 14.5 Å². The lowest BCUT2D eigenvalue weighted by atomic mass is 10.1. The maximum absolute atomic E-state index is 11.9. The predicted octanol–water partition coefficient (Wildman–Crippen LogP) is 2.89. The summed E-state index contributed by atoms with van der Waals surface area (Å²) >= 11 is 0. The third-order valence-electron chi connectivity index (χ3n) is 3.04. The lowest BCUT2D eigenvalue weighted by molar-refractivity contribution is -0.113. The lowest BCUT2D eigenvalue weighted by Crippen LogP contribution is -2.23. The van der Waals surface area contributed by atoms with E-state index in [0.717, 1.165) is 5.56 Å². The van der Waals surface area contributed by atoms with Crippen molar-refractivity contribution in [1.29, 1.82) is 0 Å². The van der Waals surface area contributed by atoms with Crippen LogP contribution >= 0.6 is 0 Å². The molecule has 0 spiro atoms. The minimum absolute atomic E-state index is 0.451. The molecule has 92 valence electrons. The van der Waals surface area contributed by atoms with Crippen molar-refractivity contribution in [3.8, 4) is 0 Å². The number of hydrogen-bond donors (Lipinski definition) is 0. The van der Waals surface area contributed by atoms with Crippen LogP contribution in [0.5, 0.6) is 0 Å². The Labute approximate surface area is 110 Å². The van der Waals surface area contributed by atoms with Crippen LogP contribution in [0.3, 0.4) is 0 Å². The monoisotopic (exact) mass is 249 g/mol. The van der Waals surface area contributed by atoms with Gasteiger partial charge in [0.15, 0.2) is 0 Å². The zero-order valence-corrected chi connectivity index (χ0v) is 10.1. The fourth-order valence-electron chi connectivity index (χ4n) is 2.08.